The van der Waals surface area contributed by atoms with Gasteiger partial charge in [-0.15, -0.1) is 0 Å². The summed E-state index contributed by atoms with van der Waals surface area (Å²) in [7, 11) is 0. The highest BCUT2D eigenvalue weighted by Crippen LogP contribution is 2.21. The molecule has 3 aromatic carbocycles. The average Bonchev–Trinajstić information content (AvgIpc) is 2.70. The number of amides is 1. The zero-order valence-electron chi connectivity index (χ0n) is 14.9. The molecule has 0 aliphatic rings. The Kier molecular flexibility index (Phi) is 5.45. The molecule has 0 unspecified atom stereocenters. The van der Waals surface area contributed by atoms with Crippen LogP contribution in [0.3, 0.4) is 0 Å². The average molecular weight is 376 g/mol. The summed E-state index contributed by atoms with van der Waals surface area (Å²) >= 11 is 0. The second-order valence-electron chi connectivity index (χ2n) is 6.01. The number of benzene rings is 3. The summed E-state index contributed by atoms with van der Waals surface area (Å²) in [6.45, 7) is 1.95. The fourth-order valence-corrected chi connectivity index (χ4v) is 2.48. The summed E-state index contributed by atoms with van der Waals surface area (Å²) in [6.07, 6.45) is 0. The van der Waals surface area contributed by atoms with Crippen LogP contribution in [0.4, 0.5) is 11.4 Å². The molecule has 0 fully saturated rings. The maximum absolute atomic E-state index is 12.3. The van der Waals surface area contributed by atoms with Crippen LogP contribution in [0.25, 0.3) is 0 Å². The monoisotopic (exact) mass is 376 g/mol. The Morgan fingerprint density at radius 1 is 0.929 bits per heavy atom. The maximum atomic E-state index is 12.3. The third kappa shape index (κ3) is 4.39. The number of nitro groups is 1. The highest BCUT2D eigenvalue weighted by atomic mass is 16.6. The van der Waals surface area contributed by atoms with Crippen LogP contribution < -0.4 is 10.1 Å². The van der Waals surface area contributed by atoms with Crippen molar-refractivity contribution < 1.29 is 19.2 Å². The first-order valence-corrected chi connectivity index (χ1v) is 8.38. The van der Waals surface area contributed by atoms with E-state index in [2.05, 4.69) is 5.32 Å². The van der Waals surface area contributed by atoms with Crippen molar-refractivity contribution >= 4 is 23.3 Å². The van der Waals surface area contributed by atoms with E-state index in [1.165, 1.54) is 48.5 Å². The largest absolute Gasteiger partial charge is 0.423 e. The van der Waals surface area contributed by atoms with Gasteiger partial charge < -0.3 is 10.1 Å². The van der Waals surface area contributed by atoms with Gasteiger partial charge in [-0.2, -0.15) is 0 Å². The Hall–Kier alpha value is -4.00. The standard InChI is InChI=1S/C21H16N2O5/c1-14-6-10-16(11-7-14)22-20(24)15-8-12-17(13-9-15)28-21(25)18-4-2-3-5-19(18)23(26)27/h2-13H,1H3,(H,22,24). The van der Waals surface area contributed by atoms with E-state index in [0.717, 1.165) is 5.56 Å². The molecule has 0 heterocycles. The van der Waals surface area contributed by atoms with Gasteiger partial charge in [-0.1, -0.05) is 29.8 Å². The maximum Gasteiger partial charge on any atom is 0.350 e. The van der Waals surface area contributed by atoms with Crippen molar-refractivity contribution in [3.05, 3.63) is 99.6 Å². The van der Waals surface area contributed by atoms with E-state index in [1.807, 2.05) is 19.1 Å². The van der Waals surface area contributed by atoms with Gasteiger partial charge in [0, 0.05) is 17.3 Å². The summed E-state index contributed by atoms with van der Waals surface area (Å²) < 4.78 is 5.18. The van der Waals surface area contributed by atoms with Gasteiger partial charge in [-0.05, 0) is 49.4 Å². The predicted molar refractivity (Wildman–Crippen MR) is 104 cm³/mol. The third-order valence-corrected chi connectivity index (χ3v) is 3.96. The van der Waals surface area contributed by atoms with Gasteiger partial charge in [0.2, 0.25) is 0 Å². The lowest BCUT2D eigenvalue weighted by Gasteiger charge is -2.07. The Labute approximate surface area is 160 Å². The van der Waals surface area contributed by atoms with Crippen LogP contribution >= 0.6 is 0 Å². The third-order valence-electron chi connectivity index (χ3n) is 3.96. The SMILES string of the molecule is Cc1ccc(NC(=O)c2ccc(OC(=O)c3ccccc3[N+](=O)[O-])cc2)cc1. The molecule has 0 aromatic heterocycles. The van der Waals surface area contributed by atoms with Gasteiger partial charge in [0.25, 0.3) is 11.6 Å². The van der Waals surface area contributed by atoms with E-state index in [4.69, 9.17) is 4.74 Å². The van der Waals surface area contributed by atoms with Crippen molar-refractivity contribution in [2.24, 2.45) is 0 Å². The van der Waals surface area contributed by atoms with Gasteiger partial charge in [-0.3, -0.25) is 14.9 Å². The van der Waals surface area contributed by atoms with Crippen molar-refractivity contribution in [2.75, 3.05) is 5.32 Å². The van der Waals surface area contributed by atoms with Crippen LogP contribution in [-0.2, 0) is 0 Å². The molecule has 0 aliphatic heterocycles. The zero-order valence-corrected chi connectivity index (χ0v) is 14.9. The number of ether oxygens (including phenoxy) is 1. The molecular formula is C21H16N2O5. The fraction of sp³-hybridized carbons (Fsp3) is 0.0476. The Morgan fingerprint density at radius 2 is 1.57 bits per heavy atom. The van der Waals surface area contributed by atoms with Crippen molar-refractivity contribution in [3.63, 3.8) is 0 Å². The van der Waals surface area contributed by atoms with Gasteiger partial charge in [0.05, 0.1) is 4.92 Å². The quantitative estimate of drug-likeness (QED) is 0.308. The Balaban J connectivity index is 1.69. The van der Waals surface area contributed by atoms with Crippen LogP contribution in [0.5, 0.6) is 5.75 Å². The van der Waals surface area contributed by atoms with E-state index < -0.39 is 10.9 Å². The van der Waals surface area contributed by atoms with Crippen LogP contribution in [0.2, 0.25) is 0 Å². The summed E-state index contributed by atoms with van der Waals surface area (Å²) in [5.41, 5.74) is 1.66. The molecule has 1 amide bonds. The lowest BCUT2D eigenvalue weighted by atomic mass is 10.1. The van der Waals surface area contributed by atoms with Crippen LogP contribution in [0.15, 0.2) is 72.8 Å². The summed E-state index contributed by atoms with van der Waals surface area (Å²) in [4.78, 5) is 34.9. The van der Waals surface area contributed by atoms with Crippen molar-refractivity contribution in [1.82, 2.24) is 0 Å². The molecule has 3 aromatic rings. The number of nitro benzene ring substituents is 1. The number of para-hydroxylation sites is 1. The first kappa shape index (κ1) is 18.8. The zero-order chi connectivity index (χ0) is 20.1. The molecule has 28 heavy (non-hydrogen) atoms. The molecule has 7 nitrogen and oxygen atoms in total. The highest BCUT2D eigenvalue weighted by Gasteiger charge is 2.21. The van der Waals surface area contributed by atoms with E-state index in [9.17, 15) is 19.7 Å². The molecule has 0 bridgehead atoms. The number of hydrogen-bond acceptors (Lipinski definition) is 5. The first-order valence-electron chi connectivity index (χ1n) is 8.38. The smallest absolute Gasteiger partial charge is 0.350 e. The van der Waals surface area contributed by atoms with Gasteiger partial charge in [0.1, 0.15) is 11.3 Å². The topological polar surface area (TPSA) is 98.5 Å². The van der Waals surface area contributed by atoms with Crippen molar-refractivity contribution in [2.45, 2.75) is 6.92 Å². The van der Waals surface area contributed by atoms with Gasteiger partial charge in [-0.25, -0.2) is 4.79 Å². The molecule has 0 spiro atoms. The van der Waals surface area contributed by atoms with Crippen LogP contribution in [0.1, 0.15) is 26.3 Å². The minimum Gasteiger partial charge on any atom is -0.423 e. The molecule has 0 atom stereocenters. The number of rotatable bonds is 5. The van der Waals surface area contributed by atoms with Crippen LogP contribution in [0, 0.1) is 17.0 Å². The fourth-order valence-electron chi connectivity index (χ4n) is 2.48. The lowest BCUT2D eigenvalue weighted by molar-refractivity contribution is -0.385. The van der Waals surface area contributed by atoms with Gasteiger partial charge in [0.15, 0.2) is 0 Å². The Bertz CT molecular complexity index is 1030. The number of nitrogens with zero attached hydrogens (tertiary/aromatic N) is 1. The number of carbonyl (C=O) groups is 2. The Morgan fingerprint density at radius 3 is 2.21 bits per heavy atom. The number of carbonyl (C=O) groups excluding carboxylic acids is 2. The molecule has 140 valence electrons. The summed E-state index contributed by atoms with van der Waals surface area (Å²) in [6, 6.07) is 18.8. The predicted octanol–water partition coefficient (Wildman–Crippen LogP) is 4.37. The normalized spacial score (nSPS) is 10.2. The lowest BCUT2D eigenvalue weighted by Crippen LogP contribution is -2.13. The molecule has 0 saturated heterocycles. The first-order chi connectivity index (χ1) is 13.4. The van der Waals surface area contributed by atoms with Crippen LogP contribution in [-0.4, -0.2) is 16.8 Å². The molecule has 0 aliphatic carbocycles. The number of aryl methyl sites for hydroxylation is 1. The van der Waals surface area contributed by atoms with E-state index in [-0.39, 0.29) is 22.9 Å². The number of esters is 1. The number of hydrogen-bond donors (Lipinski definition) is 1. The minimum absolute atomic E-state index is 0.145. The number of anilines is 1. The molecule has 7 heteroatoms. The second kappa shape index (κ2) is 8.13. The molecule has 0 radical (unpaired) electrons. The van der Waals surface area contributed by atoms with E-state index in [0.29, 0.717) is 11.3 Å². The summed E-state index contributed by atoms with van der Waals surface area (Å²) in [5.74, 6) is -0.973. The van der Waals surface area contributed by atoms with Gasteiger partial charge >= 0.3 is 5.97 Å². The van der Waals surface area contributed by atoms with Crippen molar-refractivity contribution in [3.8, 4) is 5.75 Å². The molecule has 3 rings (SSSR count). The second-order valence-corrected chi connectivity index (χ2v) is 6.01. The van der Waals surface area contributed by atoms with Crippen molar-refractivity contribution in [1.29, 1.82) is 0 Å². The highest BCUT2D eigenvalue weighted by molar-refractivity contribution is 6.04. The van der Waals surface area contributed by atoms with E-state index in [1.54, 1.807) is 12.1 Å². The number of nitrogens with one attached hydrogen (secondary N) is 1. The summed E-state index contributed by atoms with van der Waals surface area (Å²) in [5, 5.41) is 13.8. The van der Waals surface area contributed by atoms with E-state index >= 15 is 0 Å². The molecule has 1 N–H and O–H groups in total. The molecule has 0 saturated carbocycles. The minimum atomic E-state index is -0.843. The molecular weight excluding hydrogens is 360 g/mol.